The Kier molecular flexibility index (Phi) is 4.39. The van der Waals surface area contributed by atoms with Gasteiger partial charge >= 0.3 is 0 Å². The van der Waals surface area contributed by atoms with Gasteiger partial charge in [0.05, 0.1) is 22.9 Å². The monoisotopic (exact) mass is 518 g/mol. The van der Waals surface area contributed by atoms with Gasteiger partial charge in [0.2, 0.25) is 0 Å². The van der Waals surface area contributed by atoms with E-state index in [9.17, 15) is 0 Å². The molecule has 0 N–H and O–H groups in total. The predicted molar refractivity (Wildman–Crippen MR) is 134 cm³/mol. The Morgan fingerprint density at radius 3 is 2.67 bits per heavy atom. The second-order valence-electron chi connectivity index (χ2n) is 7.99. The van der Waals surface area contributed by atoms with Gasteiger partial charge in [-0.3, -0.25) is 0 Å². The van der Waals surface area contributed by atoms with Gasteiger partial charge in [0, 0.05) is 31.6 Å². The molecule has 2 aromatic carbocycles. The van der Waals surface area contributed by atoms with Gasteiger partial charge in [0.15, 0.2) is 0 Å². The predicted octanol–water partition coefficient (Wildman–Crippen LogP) is 8.05. The third-order valence-electron chi connectivity index (χ3n) is 6.27. The molecule has 0 spiro atoms. The molecule has 6 rings (SSSR count). The zero-order valence-corrected chi connectivity index (χ0v) is 19.5. The maximum Gasteiger partial charge on any atom is 0.0720 e. The van der Waals surface area contributed by atoms with Crippen LogP contribution in [0.25, 0.3) is 16.6 Å². The van der Waals surface area contributed by atoms with Crippen LogP contribution in [0.2, 0.25) is 0 Å². The molecule has 0 radical (unpaired) electrons. The number of halogens is 2. The second-order valence-corrected chi connectivity index (χ2v) is 9.82. The standard InChI is InChI=1S/C26H20Br2N2/c27-17-11-13-21-23(15-17)29(19-7-3-1-4-8-19)25-22-14-12-18(28)16-24(22)30(26(21)25)20-9-5-2-6-10-20/h1-5,7-9,11-16,21,23H,6,10H2. The lowest BCUT2D eigenvalue weighted by atomic mass is 9.94. The van der Waals surface area contributed by atoms with Gasteiger partial charge in [0.25, 0.3) is 0 Å². The number of nitrogens with zero attached hydrogens (tertiary/aromatic N) is 2. The van der Waals surface area contributed by atoms with Crippen molar-refractivity contribution in [2.24, 2.45) is 0 Å². The van der Waals surface area contributed by atoms with E-state index < -0.39 is 0 Å². The van der Waals surface area contributed by atoms with Gasteiger partial charge in [-0.05, 0) is 55.3 Å². The van der Waals surface area contributed by atoms with Crippen LogP contribution in [0.15, 0.2) is 93.9 Å². The Balaban J connectivity index is 1.70. The molecule has 2 unspecified atom stereocenters. The highest BCUT2D eigenvalue weighted by Gasteiger charge is 2.43. The molecule has 1 aromatic heterocycles. The van der Waals surface area contributed by atoms with Crippen molar-refractivity contribution in [3.63, 3.8) is 0 Å². The number of allylic oxidation sites excluding steroid dienone is 6. The maximum absolute atomic E-state index is 3.73. The zero-order chi connectivity index (χ0) is 20.2. The van der Waals surface area contributed by atoms with E-state index in [4.69, 9.17) is 0 Å². The van der Waals surface area contributed by atoms with Crippen molar-refractivity contribution in [2.45, 2.75) is 24.8 Å². The van der Waals surface area contributed by atoms with E-state index in [1.807, 2.05) is 0 Å². The molecular weight excluding hydrogens is 500 g/mol. The molecule has 0 bridgehead atoms. The minimum atomic E-state index is 0.260. The molecule has 148 valence electrons. The number of aromatic nitrogens is 1. The van der Waals surface area contributed by atoms with Crippen LogP contribution in [0.5, 0.6) is 0 Å². The van der Waals surface area contributed by atoms with Crippen molar-refractivity contribution in [1.82, 2.24) is 4.57 Å². The van der Waals surface area contributed by atoms with Crippen molar-refractivity contribution in [2.75, 3.05) is 4.90 Å². The summed E-state index contributed by atoms with van der Waals surface area (Å²) in [6.07, 6.45) is 15.8. The molecule has 3 aliphatic rings. The van der Waals surface area contributed by atoms with E-state index in [1.165, 1.54) is 33.7 Å². The first-order valence-corrected chi connectivity index (χ1v) is 11.9. The average molecular weight is 520 g/mol. The average Bonchev–Trinajstić information content (AvgIpc) is 3.26. The molecule has 4 heteroatoms. The van der Waals surface area contributed by atoms with Crippen LogP contribution in [0, 0.1) is 0 Å². The molecule has 2 heterocycles. The Hall–Kier alpha value is -2.30. The van der Waals surface area contributed by atoms with Crippen LogP contribution in [0.4, 0.5) is 11.4 Å². The second kappa shape index (κ2) is 7.14. The summed E-state index contributed by atoms with van der Waals surface area (Å²) in [5.41, 5.74) is 6.61. The van der Waals surface area contributed by atoms with Crippen molar-refractivity contribution >= 4 is 59.8 Å². The minimum Gasteiger partial charge on any atom is -0.331 e. The third kappa shape index (κ3) is 2.74. The summed E-state index contributed by atoms with van der Waals surface area (Å²) in [7, 11) is 0. The summed E-state index contributed by atoms with van der Waals surface area (Å²) in [5.74, 6) is 0.305. The Morgan fingerprint density at radius 1 is 1.00 bits per heavy atom. The van der Waals surface area contributed by atoms with Gasteiger partial charge < -0.3 is 9.47 Å². The molecule has 2 nitrogen and oxygen atoms in total. The lowest BCUT2D eigenvalue weighted by molar-refractivity contribution is 0.717. The molecule has 2 aliphatic carbocycles. The molecular formula is C26H20Br2N2. The van der Waals surface area contributed by atoms with Gasteiger partial charge in [-0.2, -0.15) is 0 Å². The van der Waals surface area contributed by atoms with E-state index in [2.05, 4.69) is 126 Å². The number of benzene rings is 2. The molecule has 2 atom stereocenters. The maximum atomic E-state index is 3.73. The lowest BCUT2D eigenvalue weighted by Gasteiger charge is -2.30. The van der Waals surface area contributed by atoms with Crippen LogP contribution in [-0.2, 0) is 0 Å². The third-order valence-corrected chi connectivity index (χ3v) is 7.29. The first-order chi connectivity index (χ1) is 14.7. The van der Waals surface area contributed by atoms with Gasteiger partial charge in [-0.1, -0.05) is 74.4 Å². The van der Waals surface area contributed by atoms with Crippen LogP contribution in [-0.4, -0.2) is 10.6 Å². The highest BCUT2D eigenvalue weighted by atomic mass is 79.9. The lowest BCUT2D eigenvalue weighted by Crippen LogP contribution is -2.29. The number of hydrogen-bond donors (Lipinski definition) is 0. The van der Waals surface area contributed by atoms with E-state index >= 15 is 0 Å². The smallest absolute Gasteiger partial charge is 0.0720 e. The molecule has 1 aliphatic heterocycles. The molecule has 0 amide bonds. The van der Waals surface area contributed by atoms with Crippen molar-refractivity contribution in [1.29, 1.82) is 0 Å². The largest absolute Gasteiger partial charge is 0.331 e. The minimum absolute atomic E-state index is 0.260. The summed E-state index contributed by atoms with van der Waals surface area (Å²) < 4.78 is 4.79. The fourth-order valence-corrected chi connectivity index (χ4v) is 5.84. The van der Waals surface area contributed by atoms with Gasteiger partial charge in [-0.25, -0.2) is 0 Å². The van der Waals surface area contributed by atoms with Gasteiger partial charge in [-0.15, -0.1) is 0 Å². The first-order valence-electron chi connectivity index (χ1n) is 10.3. The van der Waals surface area contributed by atoms with E-state index in [0.717, 1.165) is 21.8 Å². The zero-order valence-electron chi connectivity index (χ0n) is 16.3. The van der Waals surface area contributed by atoms with Gasteiger partial charge in [0.1, 0.15) is 0 Å². The van der Waals surface area contributed by atoms with Crippen LogP contribution < -0.4 is 4.90 Å². The number of hydrogen-bond acceptors (Lipinski definition) is 1. The summed E-state index contributed by atoms with van der Waals surface area (Å²) in [4.78, 5) is 2.52. The molecule has 30 heavy (non-hydrogen) atoms. The Bertz CT molecular complexity index is 1280. The van der Waals surface area contributed by atoms with Crippen LogP contribution in [0.1, 0.15) is 24.5 Å². The number of anilines is 2. The quantitative estimate of drug-likeness (QED) is 0.332. The Labute approximate surface area is 193 Å². The van der Waals surface area contributed by atoms with Crippen molar-refractivity contribution < 1.29 is 0 Å². The molecule has 0 fully saturated rings. The molecule has 0 saturated heterocycles. The highest BCUT2D eigenvalue weighted by Crippen LogP contribution is 2.54. The fourth-order valence-electron chi connectivity index (χ4n) is 5.07. The normalized spacial score (nSPS) is 22.1. The number of fused-ring (bicyclic) bond motifs is 5. The van der Waals surface area contributed by atoms with Crippen molar-refractivity contribution in [3.8, 4) is 0 Å². The van der Waals surface area contributed by atoms with Crippen molar-refractivity contribution in [3.05, 3.63) is 99.6 Å². The topological polar surface area (TPSA) is 8.17 Å². The first kappa shape index (κ1) is 18.5. The summed E-state index contributed by atoms with van der Waals surface area (Å²) >= 11 is 7.44. The number of rotatable bonds is 2. The van der Waals surface area contributed by atoms with E-state index in [-0.39, 0.29) is 6.04 Å². The fraction of sp³-hybridized carbons (Fsp3) is 0.154. The van der Waals surface area contributed by atoms with E-state index in [1.54, 1.807) is 0 Å². The van der Waals surface area contributed by atoms with Crippen LogP contribution in [0.3, 0.4) is 0 Å². The SMILES string of the molecule is BrC1=CC2C(C=C1)c1c(c3ccc(Br)cc3n1C1=CC=CCC1)N2c1ccccc1. The number of para-hydroxylation sites is 1. The summed E-state index contributed by atoms with van der Waals surface area (Å²) in [6.45, 7) is 0. The summed E-state index contributed by atoms with van der Waals surface area (Å²) in [6, 6.07) is 17.7. The van der Waals surface area contributed by atoms with Crippen LogP contribution >= 0.6 is 31.9 Å². The highest BCUT2D eigenvalue weighted by molar-refractivity contribution is 9.12. The van der Waals surface area contributed by atoms with E-state index in [0.29, 0.717) is 5.92 Å². The Morgan fingerprint density at radius 2 is 1.87 bits per heavy atom. The molecule has 0 saturated carbocycles. The summed E-state index contributed by atoms with van der Waals surface area (Å²) in [5, 5.41) is 1.31. The molecule has 3 aromatic rings.